The first-order valence-corrected chi connectivity index (χ1v) is 8.71. The molecular weight excluding hydrogens is 257 g/mol. The zero-order chi connectivity index (χ0) is 12.5. The van der Waals surface area contributed by atoms with Gasteiger partial charge in [0.25, 0.3) is 0 Å². The molecule has 1 aliphatic rings. The number of thiol groups is 1. The van der Waals surface area contributed by atoms with Crippen LogP contribution >= 0.6 is 19.5 Å². The molecule has 1 rings (SSSR count). The lowest BCUT2D eigenvalue weighted by molar-refractivity contribution is 0.0429. The second-order valence-electron chi connectivity index (χ2n) is 4.50. The van der Waals surface area contributed by atoms with Gasteiger partial charge in [0.05, 0.1) is 6.10 Å². The summed E-state index contributed by atoms with van der Waals surface area (Å²) in [5.41, 5.74) is 5.67. The van der Waals surface area contributed by atoms with Crippen molar-refractivity contribution in [2.75, 3.05) is 6.61 Å². The molecule has 0 aliphatic carbocycles. The third-order valence-electron chi connectivity index (χ3n) is 3.01. The van der Waals surface area contributed by atoms with Crippen molar-refractivity contribution in [3.8, 4) is 0 Å². The standard InChI is InChI=1S/C11H22NO3PS/c12-11-8-7-10(15-11)6-4-2-1-3-5-9-14-16(13)17/h10-11H,1-9,12H2/p+1/t10-,11-/m1/s1. The van der Waals surface area contributed by atoms with E-state index in [2.05, 4.69) is 12.2 Å². The molecule has 0 aromatic heterocycles. The van der Waals surface area contributed by atoms with Crippen LogP contribution in [0.4, 0.5) is 0 Å². The van der Waals surface area contributed by atoms with Crippen molar-refractivity contribution >= 4 is 19.5 Å². The summed E-state index contributed by atoms with van der Waals surface area (Å²) in [5, 5.41) is 0. The van der Waals surface area contributed by atoms with Crippen molar-refractivity contribution in [2.24, 2.45) is 5.73 Å². The second kappa shape index (κ2) is 9.29. The molecule has 0 saturated carbocycles. The normalized spacial score (nSPS) is 25.2. The number of ether oxygens (including phenoxy) is 1. The van der Waals surface area contributed by atoms with Crippen LogP contribution in [0.3, 0.4) is 0 Å². The van der Waals surface area contributed by atoms with Crippen LogP contribution in [0.2, 0.25) is 0 Å². The van der Waals surface area contributed by atoms with Gasteiger partial charge in [-0.15, -0.1) is 4.52 Å². The molecule has 0 aromatic rings. The highest BCUT2D eigenvalue weighted by Gasteiger charge is 2.21. The highest BCUT2D eigenvalue weighted by Crippen LogP contribution is 2.27. The summed E-state index contributed by atoms with van der Waals surface area (Å²) in [6.45, 7) is 0.555. The molecule has 6 heteroatoms. The molecule has 0 amide bonds. The van der Waals surface area contributed by atoms with Crippen LogP contribution in [0.25, 0.3) is 0 Å². The van der Waals surface area contributed by atoms with Crippen molar-refractivity contribution in [3.63, 3.8) is 0 Å². The van der Waals surface area contributed by atoms with E-state index < -0.39 is 7.23 Å². The minimum atomic E-state index is -1.72. The van der Waals surface area contributed by atoms with Gasteiger partial charge in [0.15, 0.2) is 0 Å². The summed E-state index contributed by atoms with van der Waals surface area (Å²) in [6, 6.07) is 0. The molecule has 1 heterocycles. The Morgan fingerprint density at radius 3 is 2.59 bits per heavy atom. The summed E-state index contributed by atoms with van der Waals surface area (Å²) in [7, 11) is -1.72. The molecule has 2 N–H and O–H groups in total. The van der Waals surface area contributed by atoms with E-state index in [9.17, 15) is 4.57 Å². The highest BCUT2D eigenvalue weighted by atomic mass is 32.7. The molecule has 0 bridgehead atoms. The molecule has 1 saturated heterocycles. The Labute approximate surface area is 110 Å². The summed E-state index contributed by atoms with van der Waals surface area (Å²) in [4.78, 5) is 0. The fraction of sp³-hybridized carbons (Fsp3) is 1.00. The van der Waals surface area contributed by atoms with Crippen molar-refractivity contribution in [3.05, 3.63) is 0 Å². The zero-order valence-electron chi connectivity index (χ0n) is 10.2. The van der Waals surface area contributed by atoms with Gasteiger partial charge in [0.1, 0.15) is 25.1 Å². The zero-order valence-corrected chi connectivity index (χ0v) is 12.0. The molecule has 0 radical (unpaired) electrons. The van der Waals surface area contributed by atoms with Crippen LogP contribution in [-0.2, 0) is 13.8 Å². The first-order valence-electron chi connectivity index (χ1n) is 6.38. The Balaban J connectivity index is 1.80. The van der Waals surface area contributed by atoms with Gasteiger partial charge in [0.2, 0.25) is 0 Å². The third kappa shape index (κ3) is 8.11. The van der Waals surface area contributed by atoms with Crippen LogP contribution in [0, 0.1) is 0 Å². The average molecular weight is 280 g/mol. The van der Waals surface area contributed by atoms with Gasteiger partial charge in [-0.1, -0.05) is 25.7 Å². The minimum absolute atomic E-state index is 0.0274. The third-order valence-corrected chi connectivity index (χ3v) is 3.76. The fourth-order valence-electron chi connectivity index (χ4n) is 2.09. The number of hydrogen-bond donors (Lipinski definition) is 2. The van der Waals surface area contributed by atoms with Crippen molar-refractivity contribution in [1.82, 2.24) is 0 Å². The lowest BCUT2D eigenvalue weighted by Gasteiger charge is -2.10. The molecule has 100 valence electrons. The maximum absolute atomic E-state index is 10.5. The predicted molar refractivity (Wildman–Crippen MR) is 72.3 cm³/mol. The average Bonchev–Trinajstić information content (AvgIpc) is 2.68. The Bertz CT molecular complexity index is 231. The lowest BCUT2D eigenvalue weighted by atomic mass is 10.1. The Kier molecular flexibility index (Phi) is 8.40. The quantitative estimate of drug-likeness (QED) is 0.386. The second-order valence-corrected chi connectivity index (χ2v) is 6.22. The SMILES string of the molecule is N[C@H]1CC[C@@H](CCCCCCCO[P+](=O)S)O1. The maximum atomic E-state index is 10.5. The van der Waals surface area contributed by atoms with Crippen molar-refractivity contribution in [2.45, 2.75) is 63.7 Å². The van der Waals surface area contributed by atoms with E-state index in [1.807, 2.05) is 0 Å². The monoisotopic (exact) mass is 280 g/mol. The topological polar surface area (TPSA) is 61.5 Å². The van der Waals surface area contributed by atoms with E-state index in [0.29, 0.717) is 12.7 Å². The van der Waals surface area contributed by atoms with Crippen LogP contribution < -0.4 is 5.73 Å². The van der Waals surface area contributed by atoms with Crippen molar-refractivity contribution < 1.29 is 13.8 Å². The van der Waals surface area contributed by atoms with Gasteiger partial charge >= 0.3 is 7.23 Å². The van der Waals surface area contributed by atoms with Gasteiger partial charge in [-0.2, -0.15) is 0 Å². The molecule has 4 nitrogen and oxygen atoms in total. The lowest BCUT2D eigenvalue weighted by Crippen LogP contribution is -2.19. The van der Waals surface area contributed by atoms with Crippen LogP contribution in [-0.4, -0.2) is 18.9 Å². The molecule has 0 spiro atoms. The van der Waals surface area contributed by atoms with E-state index in [4.69, 9.17) is 15.0 Å². The number of unbranched alkanes of at least 4 members (excludes halogenated alkanes) is 4. The Morgan fingerprint density at radius 2 is 1.94 bits per heavy atom. The largest absolute Gasteiger partial charge is 0.582 e. The molecular formula is C11H23NO3PS+. The number of rotatable bonds is 9. The van der Waals surface area contributed by atoms with Gasteiger partial charge in [-0.05, 0) is 30.2 Å². The van der Waals surface area contributed by atoms with Crippen LogP contribution in [0.5, 0.6) is 0 Å². The molecule has 0 aromatic carbocycles. The van der Waals surface area contributed by atoms with Gasteiger partial charge in [-0.3, -0.25) is 0 Å². The smallest absolute Gasteiger partial charge is 0.360 e. The van der Waals surface area contributed by atoms with Crippen LogP contribution in [0.1, 0.15) is 51.4 Å². The molecule has 1 fully saturated rings. The van der Waals surface area contributed by atoms with E-state index >= 15 is 0 Å². The fourth-order valence-corrected chi connectivity index (χ4v) is 2.62. The van der Waals surface area contributed by atoms with E-state index in [1.165, 1.54) is 19.3 Å². The summed E-state index contributed by atoms with van der Waals surface area (Å²) >= 11 is 3.68. The van der Waals surface area contributed by atoms with E-state index in [-0.39, 0.29) is 6.23 Å². The molecule has 1 unspecified atom stereocenters. The highest BCUT2D eigenvalue weighted by molar-refractivity contribution is 8.39. The van der Waals surface area contributed by atoms with Gasteiger partial charge in [0, 0.05) is 0 Å². The Morgan fingerprint density at radius 1 is 1.24 bits per heavy atom. The summed E-state index contributed by atoms with van der Waals surface area (Å²) < 4.78 is 20.9. The minimum Gasteiger partial charge on any atom is -0.360 e. The molecule has 17 heavy (non-hydrogen) atoms. The van der Waals surface area contributed by atoms with Gasteiger partial charge < -0.3 is 10.5 Å². The van der Waals surface area contributed by atoms with Crippen LogP contribution in [0.15, 0.2) is 0 Å². The first kappa shape index (κ1) is 15.4. The molecule has 3 atom stereocenters. The number of nitrogens with two attached hydrogens (primary N) is 1. The van der Waals surface area contributed by atoms with E-state index in [1.54, 1.807) is 0 Å². The predicted octanol–water partition coefficient (Wildman–Crippen LogP) is 3.39. The van der Waals surface area contributed by atoms with E-state index in [0.717, 1.165) is 32.1 Å². The summed E-state index contributed by atoms with van der Waals surface area (Å²) in [6.07, 6.45) is 9.34. The molecule has 1 aliphatic heterocycles. The van der Waals surface area contributed by atoms with Crippen molar-refractivity contribution in [1.29, 1.82) is 0 Å². The number of hydrogen-bond acceptors (Lipinski definition) is 4. The first-order chi connectivity index (χ1) is 8.18. The maximum Gasteiger partial charge on any atom is 0.582 e. The Hall–Kier alpha value is 0.330. The van der Waals surface area contributed by atoms with Gasteiger partial charge in [-0.25, -0.2) is 0 Å². The summed E-state index contributed by atoms with van der Waals surface area (Å²) in [5.74, 6) is 0.